The Balaban J connectivity index is 2.32. The van der Waals surface area contributed by atoms with E-state index in [-0.39, 0.29) is 0 Å². The summed E-state index contributed by atoms with van der Waals surface area (Å²) < 4.78 is 5.20. The van der Waals surface area contributed by atoms with Crippen LogP contribution >= 0.6 is 0 Å². The highest BCUT2D eigenvalue weighted by molar-refractivity contribution is 4.71. The third kappa shape index (κ3) is 2.43. The van der Waals surface area contributed by atoms with Crippen LogP contribution in [-0.4, -0.2) is 37.4 Å². The molecule has 3 heteroatoms. The Bertz CT molecular complexity index is 111. The van der Waals surface area contributed by atoms with Crippen LogP contribution in [0.2, 0.25) is 0 Å². The van der Waals surface area contributed by atoms with Gasteiger partial charge in [-0.1, -0.05) is 0 Å². The lowest BCUT2D eigenvalue weighted by molar-refractivity contribution is -0.0667. The van der Waals surface area contributed by atoms with Crippen LogP contribution in [0.25, 0.3) is 0 Å². The molecule has 1 radical (unpaired) electrons. The van der Waals surface area contributed by atoms with Crippen molar-refractivity contribution in [3.8, 4) is 0 Å². The van der Waals surface area contributed by atoms with Gasteiger partial charge in [-0.3, -0.25) is 4.90 Å². The molecule has 1 fully saturated rings. The molecule has 0 amide bonds. The van der Waals surface area contributed by atoms with Crippen molar-refractivity contribution in [3.05, 3.63) is 0 Å². The zero-order valence-electron chi connectivity index (χ0n) is 7.25. The fourth-order valence-corrected chi connectivity index (χ4v) is 1.39. The van der Waals surface area contributed by atoms with Gasteiger partial charge < -0.3 is 4.74 Å². The van der Waals surface area contributed by atoms with Gasteiger partial charge in [-0.05, 0) is 26.8 Å². The summed E-state index contributed by atoms with van der Waals surface area (Å²) in [5.41, 5.74) is 0. The topological polar surface area (TPSA) is 32.4 Å². The van der Waals surface area contributed by atoms with E-state index < -0.39 is 6.23 Å². The second-order valence-corrected chi connectivity index (χ2v) is 3.11. The molecule has 0 aromatic carbocycles. The molecule has 0 aliphatic carbocycles. The van der Waals surface area contributed by atoms with Crippen LogP contribution in [-0.2, 0) is 9.84 Å². The molecule has 1 atom stereocenters. The van der Waals surface area contributed by atoms with E-state index in [0.29, 0.717) is 6.04 Å². The van der Waals surface area contributed by atoms with Crippen LogP contribution in [0.3, 0.4) is 0 Å². The summed E-state index contributed by atoms with van der Waals surface area (Å²) in [6, 6.07) is 0.441. The van der Waals surface area contributed by atoms with Crippen molar-refractivity contribution >= 4 is 0 Å². The van der Waals surface area contributed by atoms with Gasteiger partial charge in [-0.25, -0.2) is 5.11 Å². The predicted octanol–water partition coefficient (Wildman–Crippen LogP) is 0.874. The molecule has 1 heterocycles. The Morgan fingerprint density at radius 1 is 1.45 bits per heavy atom. The molecular weight excluding hydrogens is 142 g/mol. The molecule has 0 N–H and O–H groups in total. The van der Waals surface area contributed by atoms with Crippen LogP contribution in [0.1, 0.15) is 19.8 Å². The minimum atomic E-state index is -0.585. The first-order valence-electron chi connectivity index (χ1n) is 4.17. The van der Waals surface area contributed by atoms with Crippen molar-refractivity contribution in [2.24, 2.45) is 0 Å². The molecule has 65 valence electrons. The molecule has 1 rings (SSSR count). The maximum Gasteiger partial charge on any atom is 0.143 e. The van der Waals surface area contributed by atoms with E-state index in [9.17, 15) is 5.11 Å². The Morgan fingerprint density at radius 2 is 2.00 bits per heavy atom. The third-order valence-electron chi connectivity index (χ3n) is 2.34. The highest BCUT2D eigenvalue weighted by Crippen LogP contribution is 2.13. The van der Waals surface area contributed by atoms with Crippen molar-refractivity contribution in [1.29, 1.82) is 0 Å². The molecule has 0 aromatic heterocycles. The first-order chi connectivity index (χ1) is 5.22. The first kappa shape index (κ1) is 8.97. The molecule has 0 saturated carbocycles. The molecule has 1 saturated heterocycles. The maximum absolute atomic E-state index is 11.0. The van der Waals surface area contributed by atoms with Crippen molar-refractivity contribution < 1.29 is 9.84 Å². The predicted molar refractivity (Wildman–Crippen MR) is 41.8 cm³/mol. The van der Waals surface area contributed by atoms with Crippen molar-refractivity contribution in [3.63, 3.8) is 0 Å². The van der Waals surface area contributed by atoms with Gasteiger partial charge >= 0.3 is 0 Å². The lowest BCUT2D eigenvalue weighted by Gasteiger charge is -2.31. The zero-order valence-corrected chi connectivity index (χ0v) is 7.25. The number of nitrogens with zero attached hydrogens (tertiary/aromatic N) is 1. The van der Waals surface area contributed by atoms with Crippen LogP contribution in [0.4, 0.5) is 0 Å². The third-order valence-corrected chi connectivity index (χ3v) is 2.34. The lowest BCUT2D eigenvalue weighted by Crippen LogP contribution is -2.41. The Labute approximate surface area is 68.0 Å². The molecular formula is C8H16NO2. The fourth-order valence-electron chi connectivity index (χ4n) is 1.39. The molecule has 1 aliphatic heterocycles. The summed E-state index contributed by atoms with van der Waals surface area (Å²) in [5, 5.41) is 11.0. The summed E-state index contributed by atoms with van der Waals surface area (Å²) in [5.74, 6) is 0. The average Bonchev–Trinajstić information content (AvgIpc) is 2.05. The van der Waals surface area contributed by atoms with E-state index in [2.05, 4.69) is 0 Å². The minimum Gasteiger partial charge on any atom is -0.381 e. The Morgan fingerprint density at radius 3 is 2.45 bits per heavy atom. The summed E-state index contributed by atoms with van der Waals surface area (Å²) in [7, 11) is 1.90. The van der Waals surface area contributed by atoms with E-state index >= 15 is 0 Å². The monoisotopic (exact) mass is 158 g/mol. The standard InChI is InChI=1S/C8H16NO2/c1-7(10)9(2)8-3-5-11-6-4-8/h7-8H,3-6H2,1-2H3. The van der Waals surface area contributed by atoms with Crippen LogP contribution in [0.5, 0.6) is 0 Å². The molecule has 0 aromatic rings. The second-order valence-electron chi connectivity index (χ2n) is 3.11. The summed E-state index contributed by atoms with van der Waals surface area (Å²) in [6.45, 7) is 3.30. The van der Waals surface area contributed by atoms with Gasteiger partial charge in [0.1, 0.15) is 6.23 Å². The maximum atomic E-state index is 11.0. The highest BCUT2D eigenvalue weighted by Gasteiger charge is 2.21. The van der Waals surface area contributed by atoms with Gasteiger partial charge in [0.2, 0.25) is 0 Å². The van der Waals surface area contributed by atoms with Gasteiger partial charge in [0, 0.05) is 19.3 Å². The normalized spacial score (nSPS) is 24.0. The number of rotatable bonds is 2. The molecule has 0 spiro atoms. The van der Waals surface area contributed by atoms with Crippen molar-refractivity contribution in [2.45, 2.75) is 32.0 Å². The van der Waals surface area contributed by atoms with Crippen LogP contribution < -0.4 is 0 Å². The molecule has 1 aliphatic rings. The van der Waals surface area contributed by atoms with Crippen molar-refractivity contribution in [2.75, 3.05) is 20.3 Å². The molecule has 1 unspecified atom stereocenters. The minimum absolute atomic E-state index is 0.441. The van der Waals surface area contributed by atoms with E-state index in [1.165, 1.54) is 0 Å². The van der Waals surface area contributed by atoms with E-state index in [1.807, 2.05) is 11.9 Å². The van der Waals surface area contributed by atoms with Gasteiger partial charge in [0.15, 0.2) is 0 Å². The average molecular weight is 158 g/mol. The van der Waals surface area contributed by atoms with Crippen LogP contribution in [0, 0.1) is 0 Å². The Kier molecular flexibility index (Phi) is 3.30. The molecule has 11 heavy (non-hydrogen) atoms. The molecule has 0 bridgehead atoms. The largest absolute Gasteiger partial charge is 0.381 e. The van der Waals surface area contributed by atoms with Gasteiger partial charge in [0.05, 0.1) is 0 Å². The smallest absolute Gasteiger partial charge is 0.143 e. The second kappa shape index (κ2) is 4.04. The quantitative estimate of drug-likeness (QED) is 0.559. The number of hydrogen-bond acceptors (Lipinski definition) is 2. The Hall–Kier alpha value is -0.120. The SMILES string of the molecule is CC([O])N(C)C1CCOCC1. The number of hydrogen-bond donors (Lipinski definition) is 0. The van der Waals surface area contributed by atoms with E-state index in [0.717, 1.165) is 26.1 Å². The summed E-state index contributed by atoms with van der Waals surface area (Å²) in [4.78, 5) is 1.89. The highest BCUT2D eigenvalue weighted by atomic mass is 16.5. The molecule has 3 nitrogen and oxygen atoms in total. The van der Waals surface area contributed by atoms with E-state index in [1.54, 1.807) is 6.92 Å². The van der Waals surface area contributed by atoms with E-state index in [4.69, 9.17) is 4.74 Å². The van der Waals surface area contributed by atoms with Gasteiger partial charge in [-0.15, -0.1) is 0 Å². The number of ether oxygens (including phenoxy) is 1. The van der Waals surface area contributed by atoms with Gasteiger partial charge in [-0.2, -0.15) is 0 Å². The lowest BCUT2D eigenvalue weighted by atomic mass is 10.1. The first-order valence-corrected chi connectivity index (χ1v) is 4.17. The zero-order chi connectivity index (χ0) is 8.27. The van der Waals surface area contributed by atoms with Crippen LogP contribution in [0.15, 0.2) is 0 Å². The summed E-state index contributed by atoms with van der Waals surface area (Å²) in [6.07, 6.45) is 1.42. The van der Waals surface area contributed by atoms with Gasteiger partial charge in [0.25, 0.3) is 0 Å². The van der Waals surface area contributed by atoms with Crippen molar-refractivity contribution in [1.82, 2.24) is 4.90 Å². The fraction of sp³-hybridized carbons (Fsp3) is 1.00. The summed E-state index contributed by atoms with van der Waals surface area (Å²) >= 11 is 0.